The van der Waals surface area contributed by atoms with Gasteiger partial charge in [-0.2, -0.15) is 0 Å². The summed E-state index contributed by atoms with van der Waals surface area (Å²) in [6.07, 6.45) is 0.954. The average Bonchev–Trinajstić information content (AvgIpc) is 3.02. The fraction of sp³-hybridized carbons (Fsp3) is 0.400. The molecule has 2 N–H and O–H groups in total. The van der Waals surface area contributed by atoms with Crippen molar-refractivity contribution in [2.75, 3.05) is 19.6 Å². The van der Waals surface area contributed by atoms with Gasteiger partial charge < -0.3 is 15.1 Å². The Morgan fingerprint density at radius 3 is 2.85 bits per heavy atom. The van der Waals surface area contributed by atoms with Crippen LogP contribution in [0.25, 0.3) is 11.0 Å². The first kappa shape index (κ1) is 14.9. The Morgan fingerprint density at radius 1 is 1.45 bits per heavy atom. The molecule has 2 aromatic rings. The van der Waals surface area contributed by atoms with Gasteiger partial charge in [-0.1, -0.05) is 25.1 Å². The Balaban J connectivity index is 0.00000147. The van der Waals surface area contributed by atoms with E-state index >= 15 is 0 Å². The average molecular weight is 295 g/mol. The molecule has 0 spiro atoms. The molecule has 4 nitrogen and oxygen atoms in total. The number of benzene rings is 1. The van der Waals surface area contributed by atoms with Gasteiger partial charge in [-0.05, 0) is 30.5 Å². The number of nitrogens with two attached hydrogens (primary N) is 1. The molecule has 1 amide bonds. The van der Waals surface area contributed by atoms with Gasteiger partial charge in [0.2, 0.25) is 0 Å². The smallest absolute Gasteiger partial charge is 0.289 e. The lowest BCUT2D eigenvalue weighted by Gasteiger charge is -2.21. The third-order valence-corrected chi connectivity index (χ3v) is 3.97. The van der Waals surface area contributed by atoms with Crippen LogP contribution in [-0.4, -0.2) is 30.4 Å². The molecule has 1 aliphatic heterocycles. The van der Waals surface area contributed by atoms with Crippen LogP contribution in [0.1, 0.15) is 23.9 Å². The Labute approximate surface area is 124 Å². The first-order valence-electron chi connectivity index (χ1n) is 6.59. The lowest BCUT2D eigenvalue weighted by Crippen LogP contribution is -2.34. The summed E-state index contributed by atoms with van der Waals surface area (Å²) in [7, 11) is 0. The van der Waals surface area contributed by atoms with Gasteiger partial charge in [0.1, 0.15) is 5.58 Å². The van der Waals surface area contributed by atoms with E-state index in [1.165, 1.54) is 0 Å². The number of hydrogen-bond acceptors (Lipinski definition) is 3. The summed E-state index contributed by atoms with van der Waals surface area (Å²) in [5.74, 6) is 0.385. The molecule has 0 radical (unpaired) electrons. The van der Waals surface area contributed by atoms with E-state index in [4.69, 9.17) is 10.2 Å². The predicted octanol–water partition coefficient (Wildman–Crippen LogP) is 2.67. The number of halogens is 1. The molecule has 0 saturated carbocycles. The summed E-state index contributed by atoms with van der Waals surface area (Å²) >= 11 is 0. The van der Waals surface area contributed by atoms with E-state index in [9.17, 15) is 4.79 Å². The molecule has 1 aliphatic rings. The second-order valence-corrected chi connectivity index (χ2v) is 5.64. The number of hydrogen-bond donors (Lipinski definition) is 1. The fourth-order valence-electron chi connectivity index (χ4n) is 2.61. The van der Waals surface area contributed by atoms with Gasteiger partial charge in [0, 0.05) is 18.5 Å². The molecular weight excluding hydrogens is 276 g/mol. The maximum atomic E-state index is 12.4. The largest absolute Gasteiger partial charge is 0.451 e. The van der Waals surface area contributed by atoms with Crippen molar-refractivity contribution >= 4 is 29.3 Å². The summed E-state index contributed by atoms with van der Waals surface area (Å²) in [6.45, 7) is 4.19. The number of fused-ring (bicyclic) bond motifs is 1. The van der Waals surface area contributed by atoms with Crippen LogP contribution in [0.3, 0.4) is 0 Å². The van der Waals surface area contributed by atoms with Crippen molar-refractivity contribution in [1.29, 1.82) is 0 Å². The van der Waals surface area contributed by atoms with Crippen LogP contribution < -0.4 is 5.73 Å². The summed E-state index contributed by atoms with van der Waals surface area (Å²) in [5, 5.41) is 0.964. The number of nitrogens with zero attached hydrogens (tertiary/aromatic N) is 1. The molecule has 0 aliphatic carbocycles. The van der Waals surface area contributed by atoms with Crippen LogP contribution in [-0.2, 0) is 0 Å². The molecule has 1 fully saturated rings. The molecule has 3 rings (SSSR count). The van der Waals surface area contributed by atoms with Crippen molar-refractivity contribution in [3.63, 3.8) is 0 Å². The summed E-state index contributed by atoms with van der Waals surface area (Å²) in [6, 6.07) is 9.48. The second-order valence-electron chi connectivity index (χ2n) is 5.64. The number of carbonyl (C=O) groups is 1. The molecule has 5 heteroatoms. The number of para-hydroxylation sites is 1. The van der Waals surface area contributed by atoms with Gasteiger partial charge in [0.05, 0.1) is 0 Å². The van der Waals surface area contributed by atoms with Crippen LogP contribution in [0, 0.1) is 5.41 Å². The quantitative estimate of drug-likeness (QED) is 0.926. The Hall–Kier alpha value is -1.52. The minimum atomic E-state index is -0.0339. The van der Waals surface area contributed by atoms with Crippen molar-refractivity contribution in [2.45, 2.75) is 13.3 Å². The lowest BCUT2D eigenvalue weighted by molar-refractivity contribution is 0.0747. The Morgan fingerprint density at radius 2 is 2.20 bits per heavy atom. The van der Waals surface area contributed by atoms with E-state index in [-0.39, 0.29) is 23.7 Å². The van der Waals surface area contributed by atoms with Crippen molar-refractivity contribution in [3.05, 3.63) is 36.1 Å². The third kappa shape index (κ3) is 2.53. The summed E-state index contributed by atoms with van der Waals surface area (Å²) in [5.41, 5.74) is 6.57. The highest BCUT2D eigenvalue weighted by molar-refractivity contribution is 5.96. The first-order valence-corrected chi connectivity index (χ1v) is 6.59. The summed E-state index contributed by atoms with van der Waals surface area (Å²) in [4.78, 5) is 14.2. The molecule has 1 saturated heterocycles. The van der Waals surface area contributed by atoms with E-state index in [0.717, 1.165) is 23.9 Å². The minimum Gasteiger partial charge on any atom is -0.451 e. The van der Waals surface area contributed by atoms with E-state index in [2.05, 4.69) is 6.92 Å². The zero-order chi connectivity index (χ0) is 13.5. The van der Waals surface area contributed by atoms with E-state index in [1.807, 2.05) is 35.2 Å². The van der Waals surface area contributed by atoms with Crippen molar-refractivity contribution < 1.29 is 9.21 Å². The third-order valence-electron chi connectivity index (χ3n) is 3.97. The number of carbonyl (C=O) groups excluding carboxylic acids is 1. The molecular formula is C15H19ClN2O2. The van der Waals surface area contributed by atoms with Gasteiger partial charge in [0.15, 0.2) is 5.76 Å². The fourth-order valence-corrected chi connectivity index (χ4v) is 2.61. The Bertz CT molecular complexity index is 592. The molecule has 20 heavy (non-hydrogen) atoms. The van der Waals surface area contributed by atoms with Gasteiger partial charge >= 0.3 is 0 Å². The highest BCUT2D eigenvalue weighted by Crippen LogP contribution is 2.30. The maximum Gasteiger partial charge on any atom is 0.289 e. The zero-order valence-corrected chi connectivity index (χ0v) is 12.3. The lowest BCUT2D eigenvalue weighted by atomic mass is 9.90. The van der Waals surface area contributed by atoms with Gasteiger partial charge in [-0.25, -0.2) is 0 Å². The van der Waals surface area contributed by atoms with Crippen molar-refractivity contribution in [1.82, 2.24) is 4.90 Å². The molecule has 2 heterocycles. The number of furan rings is 1. The summed E-state index contributed by atoms with van der Waals surface area (Å²) < 4.78 is 5.62. The van der Waals surface area contributed by atoms with Crippen LogP contribution >= 0.6 is 12.4 Å². The molecule has 0 bridgehead atoms. The highest BCUT2D eigenvalue weighted by Gasteiger charge is 2.36. The molecule has 1 aromatic heterocycles. The zero-order valence-electron chi connectivity index (χ0n) is 11.5. The SMILES string of the molecule is CC1(CN)CCN(C(=O)c2cc3ccccc3o2)C1.Cl. The first-order chi connectivity index (χ1) is 9.11. The number of amides is 1. The highest BCUT2D eigenvalue weighted by atomic mass is 35.5. The monoisotopic (exact) mass is 294 g/mol. The molecule has 108 valence electrons. The van der Waals surface area contributed by atoms with E-state index in [1.54, 1.807) is 0 Å². The van der Waals surface area contributed by atoms with Crippen molar-refractivity contribution in [2.24, 2.45) is 11.1 Å². The minimum absolute atomic E-state index is 0. The van der Waals surface area contributed by atoms with Gasteiger partial charge in [0.25, 0.3) is 5.91 Å². The number of likely N-dealkylation sites (tertiary alicyclic amines) is 1. The Kier molecular flexibility index (Phi) is 4.06. The van der Waals surface area contributed by atoms with E-state index in [0.29, 0.717) is 18.8 Å². The van der Waals surface area contributed by atoms with Crippen LogP contribution in [0.4, 0.5) is 0 Å². The van der Waals surface area contributed by atoms with Crippen molar-refractivity contribution in [3.8, 4) is 0 Å². The van der Waals surface area contributed by atoms with Gasteiger partial charge in [-0.15, -0.1) is 12.4 Å². The predicted molar refractivity (Wildman–Crippen MR) is 81.1 cm³/mol. The molecule has 1 unspecified atom stereocenters. The van der Waals surface area contributed by atoms with E-state index < -0.39 is 0 Å². The maximum absolute atomic E-state index is 12.4. The van der Waals surface area contributed by atoms with Crippen LogP contribution in [0.5, 0.6) is 0 Å². The van der Waals surface area contributed by atoms with Crippen LogP contribution in [0.15, 0.2) is 34.7 Å². The number of rotatable bonds is 2. The topological polar surface area (TPSA) is 59.5 Å². The van der Waals surface area contributed by atoms with Gasteiger partial charge in [-0.3, -0.25) is 4.79 Å². The second kappa shape index (κ2) is 5.46. The normalized spacial score (nSPS) is 22.0. The standard InChI is InChI=1S/C15H18N2O2.ClH/c1-15(9-16)6-7-17(10-15)14(18)13-8-11-4-2-3-5-12(11)19-13;/h2-5,8H,6-7,9-10,16H2,1H3;1H. The van der Waals surface area contributed by atoms with Crippen LogP contribution in [0.2, 0.25) is 0 Å². The molecule has 1 atom stereocenters. The molecule has 1 aromatic carbocycles.